The predicted octanol–water partition coefficient (Wildman–Crippen LogP) is 5.86. The minimum absolute atomic E-state index is 0.0614. The van der Waals surface area contributed by atoms with E-state index in [2.05, 4.69) is 45.1 Å². The first kappa shape index (κ1) is 21.9. The van der Waals surface area contributed by atoms with E-state index in [0.717, 1.165) is 39.1 Å². The van der Waals surface area contributed by atoms with Crippen molar-refractivity contribution in [3.05, 3.63) is 95.3 Å². The Morgan fingerprint density at radius 1 is 0.970 bits per heavy atom. The Morgan fingerprint density at radius 2 is 1.67 bits per heavy atom. The summed E-state index contributed by atoms with van der Waals surface area (Å²) in [6.07, 6.45) is 1.66. The molecule has 0 saturated carbocycles. The van der Waals surface area contributed by atoms with Crippen molar-refractivity contribution in [2.75, 3.05) is 24.3 Å². The standard InChI is InChI=1S/C28H26N4O/c1-19-15-23(20(2)32(19)27-13-11-26(12-14-27)31(3)4)16-24(18-29)28(33)30-25-10-9-21-7-5-6-8-22(21)17-25/h5-17H,1-4H3,(H,30,33)/b24-16-. The maximum absolute atomic E-state index is 12.8. The molecule has 0 aliphatic rings. The Morgan fingerprint density at radius 3 is 2.33 bits per heavy atom. The van der Waals surface area contributed by atoms with Gasteiger partial charge in [-0.2, -0.15) is 5.26 Å². The zero-order chi connectivity index (χ0) is 23.5. The summed E-state index contributed by atoms with van der Waals surface area (Å²) in [5, 5.41) is 14.7. The highest BCUT2D eigenvalue weighted by Gasteiger charge is 2.14. The van der Waals surface area contributed by atoms with Gasteiger partial charge in [-0.25, -0.2) is 0 Å². The Bertz CT molecular complexity index is 1400. The fourth-order valence-electron chi connectivity index (χ4n) is 4.00. The molecule has 0 bridgehead atoms. The summed E-state index contributed by atoms with van der Waals surface area (Å²) in [4.78, 5) is 14.9. The van der Waals surface area contributed by atoms with Gasteiger partial charge >= 0.3 is 0 Å². The zero-order valence-corrected chi connectivity index (χ0v) is 19.3. The molecule has 0 fully saturated rings. The van der Waals surface area contributed by atoms with E-state index in [1.54, 1.807) is 6.08 Å². The fraction of sp³-hybridized carbons (Fsp3) is 0.143. The Labute approximate surface area is 194 Å². The van der Waals surface area contributed by atoms with Gasteiger partial charge in [0, 0.05) is 42.5 Å². The van der Waals surface area contributed by atoms with Gasteiger partial charge in [0.25, 0.3) is 5.91 Å². The van der Waals surface area contributed by atoms with E-state index in [0.29, 0.717) is 5.69 Å². The molecule has 0 radical (unpaired) electrons. The molecule has 0 unspecified atom stereocenters. The number of hydrogen-bond donors (Lipinski definition) is 1. The second-order valence-corrected chi connectivity index (χ2v) is 8.26. The number of aryl methyl sites for hydroxylation is 1. The number of carbonyl (C=O) groups excluding carboxylic acids is 1. The van der Waals surface area contributed by atoms with Crippen molar-refractivity contribution < 1.29 is 4.79 Å². The van der Waals surface area contributed by atoms with Crippen molar-refractivity contribution in [1.29, 1.82) is 5.26 Å². The van der Waals surface area contributed by atoms with E-state index in [-0.39, 0.29) is 5.57 Å². The molecule has 164 valence electrons. The molecule has 4 rings (SSSR count). The first-order valence-corrected chi connectivity index (χ1v) is 10.8. The molecule has 5 nitrogen and oxygen atoms in total. The van der Waals surface area contributed by atoms with Crippen LogP contribution in [0, 0.1) is 25.2 Å². The van der Waals surface area contributed by atoms with Gasteiger partial charge in [0.1, 0.15) is 11.6 Å². The minimum Gasteiger partial charge on any atom is -0.378 e. The Balaban J connectivity index is 1.61. The fourth-order valence-corrected chi connectivity index (χ4v) is 4.00. The van der Waals surface area contributed by atoms with Crippen molar-refractivity contribution in [2.24, 2.45) is 0 Å². The lowest BCUT2D eigenvalue weighted by Gasteiger charge is -2.15. The van der Waals surface area contributed by atoms with Gasteiger partial charge in [-0.15, -0.1) is 0 Å². The van der Waals surface area contributed by atoms with Crippen LogP contribution in [-0.4, -0.2) is 24.6 Å². The SMILES string of the molecule is Cc1cc(/C=C(/C#N)C(=O)Nc2ccc3ccccc3c2)c(C)n1-c1ccc(N(C)C)cc1. The van der Waals surface area contributed by atoms with Gasteiger partial charge in [-0.3, -0.25) is 4.79 Å². The summed E-state index contributed by atoms with van der Waals surface area (Å²) < 4.78 is 2.13. The average Bonchev–Trinajstić information content (AvgIpc) is 3.09. The van der Waals surface area contributed by atoms with E-state index in [4.69, 9.17) is 0 Å². The first-order chi connectivity index (χ1) is 15.9. The normalized spacial score (nSPS) is 11.3. The molecule has 0 aliphatic heterocycles. The lowest BCUT2D eigenvalue weighted by atomic mass is 10.1. The van der Waals surface area contributed by atoms with Gasteiger partial charge in [-0.1, -0.05) is 30.3 Å². The summed E-state index contributed by atoms with van der Waals surface area (Å²) in [7, 11) is 4.02. The molecule has 4 aromatic rings. The number of nitrogens with zero attached hydrogens (tertiary/aromatic N) is 3. The van der Waals surface area contributed by atoms with Crippen LogP contribution in [0.25, 0.3) is 22.5 Å². The summed E-state index contributed by atoms with van der Waals surface area (Å²) in [6, 6.07) is 26.0. The second kappa shape index (κ2) is 9.05. The molecule has 0 saturated heterocycles. The molecule has 1 amide bonds. The topological polar surface area (TPSA) is 61.1 Å². The Hall–Kier alpha value is -4.30. The molecule has 1 heterocycles. The third-order valence-corrected chi connectivity index (χ3v) is 5.77. The average molecular weight is 435 g/mol. The molecule has 1 N–H and O–H groups in total. The summed E-state index contributed by atoms with van der Waals surface area (Å²) in [6.45, 7) is 4.01. The number of hydrogen-bond acceptors (Lipinski definition) is 3. The molecular formula is C28H26N4O. The van der Waals surface area contributed by atoms with Crippen LogP contribution in [-0.2, 0) is 4.79 Å². The number of amides is 1. The van der Waals surface area contributed by atoms with E-state index in [1.165, 1.54) is 0 Å². The number of carbonyl (C=O) groups is 1. The lowest BCUT2D eigenvalue weighted by Crippen LogP contribution is -2.13. The number of benzene rings is 3. The van der Waals surface area contributed by atoms with Crippen molar-refractivity contribution in [2.45, 2.75) is 13.8 Å². The van der Waals surface area contributed by atoms with Crippen LogP contribution in [0.4, 0.5) is 11.4 Å². The Kier molecular flexibility index (Phi) is 6.01. The molecule has 1 aromatic heterocycles. The second-order valence-electron chi connectivity index (χ2n) is 8.26. The lowest BCUT2D eigenvalue weighted by molar-refractivity contribution is -0.112. The smallest absolute Gasteiger partial charge is 0.266 e. The van der Waals surface area contributed by atoms with Crippen molar-refractivity contribution >= 4 is 34.1 Å². The van der Waals surface area contributed by atoms with Crippen molar-refractivity contribution in [3.8, 4) is 11.8 Å². The van der Waals surface area contributed by atoms with E-state index < -0.39 is 5.91 Å². The van der Waals surface area contributed by atoms with E-state index in [9.17, 15) is 10.1 Å². The molecule has 3 aromatic carbocycles. The van der Waals surface area contributed by atoms with Crippen LogP contribution in [0.15, 0.2) is 78.4 Å². The predicted molar refractivity (Wildman–Crippen MR) is 136 cm³/mol. The maximum Gasteiger partial charge on any atom is 0.266 e. The number of nitrogens with one attached hydrogen (secondary N) is 1. The van der Waals surface area contributed by atoms with Gasteiger partial charge in [0.15, 0.2) is 0 Å². The van der Waals surface area contributed by atoms with Crippen LogP contribution in [0.1, 0.15) is 17.0 Å². The number of anilines is 2. The van der Waals surface area contributed by atoms with Crippen LogP contribution in [0.3, 0.4) is 0 Å². The van der Waals surface area contributed by atoms with Crippen LogP contribution in [0.5, 0.6) is 0 Å². The van der Waals surface area contributed by atoms with Gasteiger partial charge in [0.2, 0.25) is 0 Å². The largest absolute Gasteiger partial charge is 0.378 e. The van der Waals surface area contributed by atoms with Gasteiger partial charge in [-0.05, 0) is 78.7 Å². The number of fused-ring (bicyclic) bond motifs is 1. The van der Waals surface area contributed by atoms with Crippen molar-refractivity contribution in [3.63, 3.8) is 0 Å². The highest BCUT2D eigenvalue weighted by Crippen LogP contribution is 2.25. The van der Waals surface area contributed by atoms with Crippen LogP contribution < -0.4 is 10.2 Å². The third-order valence-electron chi connectivity index (χ3n) is 5.77. The summed E-state index contributed by atoms with van der Waals surface area (Å²) in [5.74, 6) is -0.423. The quantitative estimate of drug-likeness (QED) is 0.316. The number of rotatable bonds is 5. The van der Waals surface area contributed by atoms with E-state index >= 15 is 0 Å². The molecule has 5 heteroatoms. The third kappa shape index (κ3) is 4.51. The van der Waals surface area contributed by atoms with Crippen LogP contribution >= 0.6 is 0 Å². The number of aromatic nitrogens is 1. The van der Waals surface area contributed by atoms with Gasteiger partial charge < -0.3 is 14.8 Å². The van der Waals surface area contributed by atoms with Crippen LogP contribution in [0.2, 0.25) is 0 Å². The number of nitriles is 1. The van der Waals surface area contributed by atoms with Crippen molar-refractivity contribution in [1.82, 2.24) is 4.57 Å². The van der Waals surface area contributed by atoms with Gasteiger partial charge in [0.05, 0.1) is 0 Å². The summed E-state index contributed by atoms with van der Waals surface area (Å²) >= 11 is 0. The maximum atomic E-state index is 12.8. The monoisotopic (exact) mass is 434 g/mol. The molecule has 0 atom stereocenters. The first-order valence-electron chi connectivity index (χ1n) is 10.8. The minimum atomic E-state index is -0.423. The summed E-state index contributed by atoms with van der Waals surface area (Å²) in [5.41, 5.74) is 5.72. The highest BCUT2D eigenvalue weighted by molar-refractivity contribution is 6.10. The van der Waals surface area contributed by atoms with E-state index in [1.807, 2.05) is 76.5 Å². The molecule has 0 spiro atoms. The molecular weight excluding hydrogens is 408 g/mol. The molecule has 0 aliphatic carbocycles. The zero-order valence-electron chi connectivity index (χ0n) is 19.3. The highest BCUT2D eigenvalue weighted by atomic mass is 16.1. The molecule has 33 heavy (non-hydrogen) atoms.